The number of hydrogen-bond donors (Lipinski definition) is 1. The molecule has 2 aliphatic rings. The van der Waals surface area contributed by atoms with E-state index in [0.29, 0.717) is 24.8 Å². The van der Waals surface area contributed by atoms with Crippen LogP contribution < -0.4 is 5.32 Å². The van der Waals surface area contributed by atoms with Crippen molar-refractivity contribution in [1.29, 1.82) is 0 Å². The van der Waals surface area contributed by atoms with Gasteiger partial charge >= 0.3 is 0 Å². The third kappa shape index (κ3) is 5.38. The molecule has 1 amide bonds. The zero-order valence-corrected chi connectivity index (χ0v) is 20.7. The van der Waals surface area contributed by atoms with Crippen LogP contribution >= 0.6 is 0 Å². The van der Waals surface area contributed by atoms with Crippen LogP contribution in [0, 0.1) is 11.8 Å². The van der Waals surface area contributed by atoms with Crippen LogP contribution in [0.5, 0.6) is 0 Å². The van der Waals surface area contributed by atoms with Gasteiger partial charge in [0.25, 0.3) is 0 Å². The van der Waals surface area contributed by atoms with Crippen LogP contribution in [0.3, 0.4) is 0 Å². The van der Waals surface area contributed by atoms with E-state index in [-0.39, 0.29) is 18.5 Å². The summed E-state index contributed by atoms with van der Waals surface area (Å²) in [5.41, 5.74) is 3.26. The molecule has 35 heavy (non-hydrogen) atoms. The number of amides is 1. The van der Waals surface area contributed by atoms with Crippen molar-refractivity contribution in [1.82, 2.24) is 24.6 Å². The summed E-state index contributed by atoms with van der Waals surface area (Å²) in [5.74, 6) is 1.24. The first-order valence-electron chi connectivity index (χ1n) is 12.8. The van der Waals surface area contributed by atoms with E-state index in [1.54, 1.807) is 0 Å². The summed E-state index contributed by atoms with van der Waals surface area (Å²) in [6.45, 7) is 9.77. The molecule has 3 aromatic rings. The number of hydrogen-bond acceptors (Lipinski definition) is 5. The quantitative estimate of drug-likeness (QED) is 0.552. The van der Waals surface area contributed by atoms with Crippen molar-refractivity contribution >= 4 is 22.5 Å². The van der Waals surface area contributed by atoms with Crippen LogP contribution in [-0.4, -0.2) is 69.9 Å². The molecule has 0 spiro atoms. The summed E-state index contributed by atoms with van der Waals surface area (Å²) in [6, 6.07) is 8.22. The summed E-state index contributed by atoms with van der Waals surface area (Å²) in [6.07, 6.45) is 5.70. The van der Waals surface area contributed by atoms with Crippen molar-refractivity contribution in [3.8, 4) is 11.1 Å². The van der Waals surface area contributed by atoms with Gasteiger partial charge < -0.3 is 10.2 Å². The Hall–Kier alpha value is -2.84. The van der Waals surface area contributed by atoms with Crippen LogP contribution in [0.4, 0.5) is 10.2 Å². The number of piperidine rings is 1. The molecule has 7 nitrogen and oxygen atoms in total. The molecule has 2 aliphatic heterocycles. The van der Waals surface area contributed by atoms with Crippen molar-refractivity contribution in [3.05, 3.63) is 42.4 Å². The lowest BCUT2D eigenvalue weighted by Crippen LogP contribution is -2.42. The number of pyridine rings is 1. The number of carbonyl (C=O) groups excluding carboxylic acids is 1. The van der Waals surface area contributed by atoms with E-state index in [1.807, 2.05) is 23.1 Å². The average Bonchev–Trinajstić information content (AvgIpc) is 3.27. The summed E-state index contributed by atoms with van der Waals surface area (Å²) >= 11 is 0. The number of likely N-dealkylation sites (tertiary alicyclic amines) is 1. The van der Waals surface area contributed by atoms with Crippen molar-refractivity contribution in [2.75, 3.05) is 44.7 Å². The number of benzene rings is 1. The van der Waals surface area contributed by atoms with Gasteiger partial charge in [0, 0.05) is 49.9 Å². The zero-order valence-electron chi connectivity index (χ0n) is 20.7. The molecular formula is C27H35FN6O. The maximum absolute atomic E-state index is 13.0. The monoisotopic (exact) mass is 478 g/mol. The summed E-state index contributed by atoms with van der Waals surface area (Å²) in [4.78, 5) is 22.0. The van der Waals surface area contributed by atoms with E-state index in [9.17, 15) is 9.18 Å². The van der Waals surface area contributed by atoms with E-state index in [2.05, 4.69) is 57.2 Å². The zero-order chi connectivity index (χ0) is 24.4. The highest BCUT2D eigenvalue weighted by molar-refractivity contribution is 5.95. The Morgan fingerprint density at radius 2 is 2.03 bits per heavy atom. The molecule has 0 saturated carbocycles. The Kier molecular flexibility index (Phi) is 7.11. The van der Waals surface area contributed by atoms with E-state index < -0.39 is 0 Å². The lowest BCUT2D eigenvalue weighted by molar-refractivity contribution is -0.121. The molecule has 186 valence electrons. The first-order chi connectivity index (χ1) is 17.0. The number of halogens is 1. The number of rotatable bonds is 7. The number of carbonyl (C=O) groups is 1. The van der Waals surface area contributed by atoms with Gasteiger partial charge in [0.2, 0.25) is 5.91 Å². The minimum absolute atomic E-state index is 0.00228. The standard InChI is InChI=1S/C27H35FN6O/c1-19(2)16-33-8-3-4-22(17-33)27(35)31-26-13-23-12-20(5-6-21(23)14-29-26)24-15-30-34-11-10-32(9-7-28)18-25(24)34/h5-6,12-15,19,22H,3-4,7-11,16-18H2,1-2H3,(H,29,31,35). The third-order valence-corrected chi connectivity index (χ3v) is 7.13. The van der Waals surface area contributed by atoms with Crippen molar-refractivity contribution in [3.63, 3.8) is 0 Å². The van der Waals surface area contributed by atoms with Crippen molar-refractivity contribution in [2.24, 2.45) is 11.8 Å². The fourth-order valence-electron chi connectivity index (χ4n) is 5.41. The first kappa shape index (κ1) is 23.9. The molecular weight excluding hydrogens is 443 g/mol. The van der Waals surface area contributed by atoms with Crippen LogP contribution in [0.15, 0.2) is 36.7 Å². The van der Waals surface area contributed by atoms with E-state index in [4.69, 9.17) is 0 Å². The largest absolute Gasteiger partial charge is 0.310 e. The van der Waals surface area contributed by atoms with E-state index in [0.717, 1.165) is 73.2 Å². The molecule has 1 atom stereocenters. The first-order valence-corrected chi connectivity index (χ1v) is 12.8. The van der Waals surface area contributed by atoms with Gasteiger partial charge in [0.05, 0.1) is 24.4 Å². The second kappa shape index (κ2) is 10.4. The van der Waals surface area contributed by atoms with Gasteiger partial charge in [-0.05, 0) is 48.4 Å². The molecule has 1 unspecified atom stereocenters. The molecule has 1 saturated heterocycles. The maximum Gasteiger partial charge on any atom is 0.229 e. The molecule has 0 aliphatic carbocycles. The highest BCUT2D eigenvalue weighted by Crippen LogP contribution is 2.30. The Bertz CT molecular complexity index is 1190. The number of nitrogens with one attached hydrogen (secondary N) is 1. The van der Waals surface area contributed by atoms with Gasteiger partial charge in [0.15, 0.2) is 0 Å². The predicted molar refractivity (Wildman–Crippen MR) is 137 cm³/mol. The Morgan fingerprint density at radius 3 is 2.86 bits per heavy atom. The summed E-state index contributed by atoms with van der Waals surface area (Å²) in [7, 11) is 0. The fraction of sp³-hybridized carbons (Fsp3) is 0.519. The van der Waals surface area contributed by atoms with Crippen LogP contribution in [0.2, 0.25) is 0 Å². The molecule has 8 heteroatoms. The van der Waals surface area contributed by atoms with Crippen LogP contribution in [0.25, 0.3) is 21.9 Å². The number of alkyl halides is 1. The maximum atomic E-state index is 13.0. The highest BCUT2D eigenvalue weighted by Gasteiger charge is 2.26. The van der Waals surface area contributed by atoms with Crippen molar-refractivity contribution < 1.29 is 9.18 Å². The van der Waals surface area contributed by atoms with E-state index >= 15 is 0 Å². The smallest absolute Gasteiger partial charge is 0.229 e. The molecule has 0 bridgehead atoms. The van der Waals surface area contributed by atoms with Gasteiger partial charge in [-0.2, -0.15) is 5.10 Å². The van der Waals surface area contributed by atoms with E-state index in [1.165, 1.54) is 0 Å². The Labute approximate surface area is 206 Å². The lowest BCUT2D eigenvalue weighted by atomic mass is 9.96. The minimum Gasteiger partial charge on any atom is -0.310 e. The molecule has 1 N–H and O–H groups in total. The van der Waals surface area contributed by atoms with Gasteiger partial charge in [-0.3, -0.25) is 14.4 Å². The second-order valence-corrected chi connectivity index (χ2v) is 10.3. The number of anilines is 1. The van der Waals surface area contributed by atoms with Gasteiger partial charge in [-0.25, -0.2) is 9.37 Å². The predicted octanol–water partition coefficient (Wildman–Crippen LogP) is 4.19. The topological polar surface area (TPSA) is 66.3 Å². The third-order valence-electron chi connectivity index (χ3n) is 7.13. The normalized spacial score (nSPS) is 19.3. The number of aromatic nitrogens is 3. The number of fused-ring (bicyclic) bond motifs is 2. The van der Waals surface area contributed by atoms with Gasteiger partial charge in [-0.15, -0.1) is 0 Å². The second-order valence-electron chi connectivity index (χ2n) is 10.3. The molecule has 1 fully saturated rings. The van der Waals surface area contributed by atoms with Crippen LogP contribution in [-0.2, 0) is 17.9 Å². The molecule has 0 radical (unpaired) electrons. The molecule has 4 heterocycles. The van der Waals surface area contributed by atoms with Gasteiger partial charge in [0.1, 0.15) is 12.5 Å². The minimum atomic E-state index is -0.336. The average molecular weight is 479 g/mol. The molecule has 1 aromatic carbocycles. The van der Waals surface area contributed by atoms with Crippen molar-refractivity contribution in [2.45, 2.75) is 39.8 Å². The molecule has 5 rings (SSSR count). The number of nitrogens with zero attached hydrogens (tertiary/aromatic N) is 5. The van der Waals surface area contributed by atoms with Gasteiger partial charge in [-0.1, -0.05) is 26.0 Å². The highest BCUT2D eigenvalue weighted by atomic mass is 19.1. The SMILES string of the molecule is CC(C)CN1CCCC(C(=O)Nc2cc3cc(-c4cnn5c4CN(CCF)CC5)ccc3cn2)C1. The lowest BCUT2D eigenvalue weighted by Gasteiger charge is -2.32. The molecule has 2 aromatic heterocycles. The summed E-state index contributed by atoms with van der Waals surface area (Å²) < 4.78 is 14.9. The Morgan fingerprint density at radius 1 is 1.14 bits per heavy atom. The summed E-state index contributed by atoms with van der Waals surface area (Å²) in [5, 5.41) is 9.67. The Balaban J connectivity index is 1.33. The van der Waals surface area contributed by atoms with Crippen LogP contribution in [0.1, 0.15) is 32.4 Å². The fourth-order valence-corrected chi connectivity index (χ4v) is 5.41.